The van der Waals surface area contributed by atoms with Crippen LogP contribution >= 0.6 is 0 Å². The Labute approximate surface area is 176 Å². The van der Waals surface area contributed by atoms with Crippen LogP contribution in [-0.2, 0) is 16.0 Å². The normalized spacial score (nSPS) is 11.6. The highest BCUT2D eigenvalue weighted by molar-refractivity contribution is 5.98. The number of benzene rings is 2. The lowest BCUT2D eigenvalue weighted by atomic mass is 10.0. The van der Waals surface area contributed by atoms with Gasteiger partial charge in [0.05, 0.1) is 6.42 Å². The molecular formula is C23H28FN3O3. The van der Waals surface area contributed by atoms with Crippen LogP contribution in [0.3, 0.4) is 0 Å². The number of carbonyl (C=O) groups excluding carboxylic acids is 3. The van der Waals surface area contributed by atoms with E-state index in [1.807, 2.05) is 32.9 Å². The third kappa shape index (κ3) is 6.99. The second kappa shape index (κ2) is 11.1. The van der Waals surface area contributed by atoms with E-state index >= 15 is 0 Å². The van der Waals surface area contributed by atoms with E-state index in [1.54, 1.807) is 24.3 Å². The predicted octanol–water partition coefficient (Wildman–Crippen LogP) is 2.36. The van der Waals surface area contributed by atoms with Crippen LogP contribution in [0, 0.1) is 18.7 Å². The summed E-state index contributed by atoms with van der Waals surface area (Å²) in [5.74, 6) is -1.28. The molecule has 0 aromatic heterocycles. The van der Waals surface area contributed by atoms with E-state index in [0.717, 1.165) is 5.56 Å². The van der Waals surface area contributed by atoms with Gasteiger partial charge in [-0.25, -0.2) is 4.39 Å². The van der Waals surface area contributed by atoms with E-state index < -0.39 is 6.04 Å². The number of hydrogen-bond acceptors (Lipinski definition) is 3. The van der Waals surface area contributed by atoms with Crippen LogP contribution in [0.2, 0.25) is 0 Å². The number of halogens is 1. The zero-order chi connectivity index (χ0) is 22.1. The van der Waals surface area contributed by atoms with Gasteiger partial charge >= 0.3 is 0 Å². The summed E-state index contributed by atoms with van der Waals surface area (Å²) in [5.41, 5.74) is 2.07. The molecule has 30 heavy (non-hydrogen) atoms. The molecule has 0 bridgehead atoms. The minimum Gasteiger partial charge on any atom is -0.354 e. The van der Waals surface area contributed by atoms with Crippen LogP contribution in [0.5, 0.6) is 0 Å². The lowest BCUT2D eigenvalue weighted by Gasteiger charge is -2.22. The average Bonchev–Trinajstić information content (AvgIpc) is 2.71. The van der Waals surface area contributed by atoms with Crippen LogP contribution in [0.4, 0.5) is 4.39 Å². The quantitative estimate of drug-likeness (QED) is 0.552. The van der Waals surface area contributed by atoms with E-state index in [0.29, 0.717) is 11.1 Å². The molecule has 2 aromatic carbocycles. The van der Waals surface area contributed by atoms with Gasteiger partial charge in [-0.15, -0.1) is 0 Å². The van der Waals surface area contributed by atoms with Gasteiger partial charge in [-0.1, -0.05) is 44.2 Å². The molecule has 6 nitrogen and oxygen atoms in total. The first-order chi connectivity index (χ1) is 14.3. The fraction of sp³-hybridized carbons (Fsp3) is 0.348. The van der Waals surface area contributed by atoms with Crippen LogP contribution < -0.4 is 16.0 Å². The minimum atomic E-state index is -0.688. The summed E-state index contributed by atoms with van der Waals surface area (Å²) in [7, 11) is 0. The lowest BCUT2D eigenvalue weighted by Crippen LogP contribution is -2.51. The van der Waals surface area contributed by atoms with Gasteiger partial charge in [-0.3, -0.25) is 14.4 Å². The Morgan fingerprint density at radius 2 is 1.57 bits per heavy atom. The first-order valence-corrected chi connectivity index (χ1v) is 9.93. The van der Waals surface area contributed by atoms with E-state index in [1.165, 1.54) is 12.1 Å². The van der Waals surface area contributed by atoms with Gasteiger partial charge in [0.15, 0.2) is 0 Å². The Hall–Kier alpha value is -3.22. The van der Waals surface area contributed by atoms with Gasteiger partial charge in [0.1, 0.15) is 11.9 Å². The van der Waals surface area contributed by atoms with E-state index in [4.69, 9.17) is 0 Å². The molecule has 1 atom stereocenters. The summed E-state index contributed by atoms with van der Waals surface area (Å²) in [6, 6.07) is 12.2. The maximum absolute atomic E-state index is 12.9. The van der Waals surface area contributed by atoms with Crippen molar-refractivity contribution < 1.29 is 18.8 Å². The molecule has 0 spiro atoms. The molecule has 0 radical (unpaired) electrons. The number of rotatable bonds is 9. The summed E-state index contributed by atoms with van der Waals surface area (Å²) < 4.78 is 12.9. The van der Waals surface area contributed by atoms with E-state index in [9.17, 15) is 18.8 Å². The Kier molecular flexibility index (Phi) is 8.53. The van der Waals surface area contributed by atoms with Crippen molar-refractivity contribution in [3.05, 3.63) is 71.0 Å². The van der Waals surface area contributed by atoms with Crippen LogP contribution in [-0.4, -0.2) is 36.9 Å². The third-order valence-corrected chi connectivity index (χ3v) is 4.65. The molecule has 0 aliphatic carbocycles. The standard InChI is InChI=1S/C23H28FN3O3/c1-15(2)21(27-22(29)19-7-5-4-6-16(19)3)23(30)26-13-12-25-20(28)14-17-8-10-18(24)11-9-17/h4-11,15,21H,12-14H2,1-3H3,(H,25,28)(H,26,30)(H,27,29). The third-order valence-electron chi connectivity index (χ3n) is 4.65. The van der Waals surface area contributed by atoms with Crippen molar-refractivity contribution in [3.63, 3.8) is 0 Å². The van der Waals surface area contributed by atoms with Crippen LogP contribution in [0.25, 0.3) is 0 Å². The van der Waals surface area contributed by atoms with Crippen molar-refractivity contribution in [2.45, 2.75) is 33.2 Å². The maximum atomic E-state index is 12.9. The smallest absolute Gasteiger partial charge is 0.252 e. The SMILES string of the molecule is Cc1ccccc1C(=O)NC(C(=O)NCCNC(=O)Cc1ccc(F)cc1)C(C)C. The summed E-state index contributed by atoms with van der Waals surface area (Å²) in [5, 5.41) is 8.24. The second-order valence-electron chi connectivity index (χ2n) is 7.45. The number of carbonyl (C=O) groups is 3. The Bertz CT molecular complexity index is 882. The highest BCUT2D eigenvalue weighted by atomic mass is 19.1. The number of nitrogens with one attached hydrogen (secondary N) is 3. The molecule has 160 valence electrons. The molecule has 3 amide bonds. The van der Waals surface area contributed by atoms with E-state index in [-0.39, 0.29) is 49.0 Å². The lowest BCUT2D eigenvalue weighted by molar-refractivity contribution is -0.124. The van der Waals surface area contributed by atoms with Gasteiger partial charge in [0.25, 0.3) is 5.91 Å². The first kappa shape index (κ1) is 23.1. The minimum absolute atomic E-state index is 0.106. The second-order valence-corrected chi connectivity index (χ2v) is 7.45. The van der Waals surface area contributed by atoms with Crippen molar-refractivity contribution >= 4 is 17.7 Å². The molecular weight excluding hydrogens is 385 g/mol. The number of aryl methyl sites for hydroxylation is 1. The molecule has 1 unspecified atom stereocenters. The Morgan fingerprint density at radius 3 is 2.20 bits per heavy atom. The predicted molar refractivity (Wildman–Crippen MR) is 113 cm³/mol. The van der Waals surface area contributed by atoms with Crippen molar-refractivity contribution in [1.82, 2.24) is 16.0 Å². The largest absolute Gasteiger partial charge is 0.354 e. The van der Waals surface area contributed by atoms with Crippen molar-refractivity contribution in [2.24, 2.45) is 5.92 Å². The fourth-order valence-corrected chi connectivity index (χ4v) is 2.93. The average molecular weight is 413 g/mol. The van der Waals surface area contributed by atoms with Crippen molar-refractivity contribution in [2.75, 3.05) is 13.1 Å². The molecule has 3 N–H and O–H groups in total. The number of amides is 3. The van der Waals surface area contributed by atoms with Gasteiger partial charge in [0, 0.05) is 18.7 Å². The monoisotopic (exact) mass is 413 g/mol. The highest BCUT2D eigenvalue weighted by Crippen LogP contribution is 2.09. The summed E-state index contributed by atoms with van der Waals surface area (Å²) >= 11 is 0. The van der Waals surface area contributed by atoms with Gasteiger partial charge in [-0.2, -0.15) is 0 Å². The molecule has 2 aromatic rings. The molecule has 0 fully saturated rings. The fourth-order valence-electron chi connectivity index (χ4n) is 2.93. The highest BCUT2D eigenvalue weighted by Gasteiger charge is 2.24. The van der Waals surface area contributed by atoms with Crippen molar-refractivity contribution in [1.29, 1.82) is 0 Å². The van der Waals surface area contributed by atoms with Gasteiger partial charge < -0.3 is 16.0 Å². The zero-order valence-corrected chi connectivity index (χ0v) is 17.5. The maximum Gasteiger partial charge on any atom is 0.252 e. The molecule has 0 heterocycles. The van der Waals surface area contributed by atoms with Gasteiger partial charge in [-0.05, 0) is 42.2 Å². The first-order valence-electron chi connectivity index (χ1n) is 9.93. The molecule has 2 rings (SSSR count). The van der Waals surface area contributed by atoms with Crippen LogP contribution in [0.15, 0.2) is 48.5 Å². The van der Waals surface area contributed by atoms with Gasteiger partial charge in [0.2, 0.25) is 11.8 Å². The summed E-state index contributed by atoms with van der Waals surface area (Å²) in [6.07, 6.45) is 0.134. The molecule has 7 heteroatoms. The van der Waals surface area contributed by atoms with Crippen LogP contribution in [0.1, 0.15) is 35.3 Å². The Morgan fingerprint density at radius 1 is 0.933 bits per heavy atom. The molecule has 0 saturated heterocycles. The van der Waals surface area contributed by atoms with Crippen molar-refractivity contribution in [3.8, 4) is 0 Å². The van der Waals surface area contributed by atoms with E-state index in [2.05, 4.69) is 16.0 Å². The molecule has 0 aliphatic rings. The summed E-state index contributed by atoms with van der Waals surface area (Å²) in [6.45, 7) is 6.04. The molecule has 0 aliphatic heterocycles. The topological polar surface area (TPSA) is 87.3 Å². The summed E-state index contributed by atoms with van der Waals surface area (Å²) in [4.78, 5) is 37.0. The zero-order valence-electron chi connectivity index (χ0n) is 17.5. The Balaban J connectivity index is 1.79. The molecule has 0 saturated carbocycles. The number of hydrogen-bond donors (Lipinski definition) is 3.